The van der Waals surface area contributed by atoms with Crippen molar-refractivity contribution in [2.75, 3.05) is 4.90 Å². The number of para-hydroxylation sites is 1. The van der Waals surface area contributed by atoms with E-state index < -0.39 is 0 Å². The Morgan fingerprint density at radius 3 is 2.48 bits per heavy atom. The summed E-state index contributed by atoms with van der Waals surface area (Å²) >= 11 is 3.56. The first-order valence-electron chi connectivity index (χ1n) is 8.40. The predicted octanol–water partition coefficient (Wildman–Crippen LogP) is 5.78. The van der Waals surface area contributed by atoms with Crippen molar-refractivity contribution in [2.45, 2.75) is 19.0 Å². The van der Waals surface area contributed by atoms with E-state index in [1.807, 2.05) is 36.4 Å². The van der Waals surface area contributed by atoms with Gasteiger partial charge in [0, 0.05) is 28.7 Å². The van der Waals surface area contributed by atoms with Gasteiger partial charge in [-0.25, -0.2) is 0 Å². The number of nitrogens with zero attached hydrogens (tertiary/aromatic N) is 1. The van der Waals surface area contributed by atoms with Crippen molar-refractivity contribution >= 4 is 27.4 Å². The molecule has 3 aromatic rings. The molecule has 124 valence electrons. The van der Waals surface area contributed by atoms with Gasteiger partial charge in [-0.05, 0) is 35.4 Å². The molecule has 0 bridgehead atoms. The number of carbonyl (C=O) groups is 1. The summed E-state index contributed by atoms with van der Waals surface area (Å²) < 4.78 is 1.04. The summed E-state index contributed by atoms with van der Waals surface area (Å²) in [6, 6.07) is 26.7. The SMILES string of the molecule is O=C1C[C@@H](c2cccc(Br)c2)N(Cc2ccccc2)c2ccccc21. The second kappa shape index (κ2) is 6.85. The highest BCUT2D eigenvalue weighted by molar-refractivity contribution is 9.10. The van der Waals surface area contributed by atoms with Crippen LogP contribution in [0.1, 0.15) is 33.9 Å². The summed E-state index contributed by atoms with van der Waals surface area (Å²) in [6.45, 7) is 0.780. The summed E-state index contributed by atoms with van der Waals surface area (Å²) in [6.07, 6.45) is 0.500. The molecule has 1 heterocycles. The Balaban J connectivity index is 1.80. The molecule has 0 saturated carbocycles. The summed E-state index contributed by atoms with van der Waals surface area (Å²) in [4.78, 5) is 15.1. The van der Waals surface area contributed by atoms with E-state index in [1.54, 1.807) is 0 Å². The van der Waals surface area contributed by atoms with Gasteiger partial charge >= 0.3 is 0 Å². The molecule has 0 unspecified atom stereocenters. The first-order chi connectivity index (χ1) is 12.2. The fourth-order valence-corrected chi connectivity index (χ4v) is 3.93. The Labute approximate surface area is 156 Å². The van der Waals surface area contributed by atoms with Crippen molar-refractivity contribution in [2.24, 2.45) is 0 Å². The zero-order chi connectivity index (χ0) is 17.2. The molecule has 0 saturated heterocycles. The van der Waals surface area contributed by atoms with Crippen molar-refractivity contribution in [3.05, 3.63) is 100 Å². The maximum absolute atomic E-state index is 12.7. The summed E-state index contributed by atoms with van der Waals surface area (Å²) in [5.41, 5.74) is 4.25. The smallest absolute Gasteiger partial charge is 0.167 e. The molecule has 1 aliphatic rings. The van der Waals surface area contributed by atoms with Crippen LogP contribution in [0.5, 0.6) is 0 Å². The average Bonchev–Trinajstić information content (AvgIpc) is 2.65. The van der Waals surface area contributed by atoms with Crippen LogP contribution >= 0.6 is 15.9 Å². The van der Waals surface area contributed by atoms with Crippen LogP contribution in [-0.4, -0.2) is 5.78 Å². The van der Waals surface area contributed by atoms with Crippen molar-refractivity contribution in [3.63, 3.8) is 0 Å². The van der Waals surface area contributed by atoms with Crippen LogP contribution < -0.4 is 4.90 Å². The zero-order valence-corrected chi connectivity index (χ0v) is 15.3. The number of hydrogen-bond donors (Lipinski definition) is 0. The number of hydrogen-bond acceptors (Lipinski definition) is 2. The van der Waals surface area contributed by atoms with Crippen LogP contribution in [0.4, 0.5) is 5.69 Å². The molecular formula is C22H18BrNO. The molecule has 3 heteroatoms. The maximum Gasteiger partial charge on any atom is 0.167 e. The third kappa shape index (κ3) is 3.24. The fraction of sp³-hybridized carbons (Fsp3) is 0.136. The molecule has 3 aromatic carbocycles. The van der Waals surface area contributed by atoms with Gasteiger partial charge in [-0.1, -0.05) is 70.5 Å². The Morgan fingerprint density at radius 1 is 0.920 bits per heavy atom. The van der Waals surface area contributed by atoms with E-state index in [4.69, 9.17) is 0 Å². The Morgan fingerprint density at radius 2 is 1.68 bits per heavy atom. The number of rotatable bonds is 3. The lowest BCUT2D eigenvalue weighted by molar-refractivity contribution is 0.0965. The van der Waals surface area contributed by atoms with Crippen molar-refractivity contribution in [3.8, 4) is 0 Å². The van der Waals surface area contributed by atoms with Crippen LogP contribution in [0, 0.1) is 0 Å². The first-order valence-corrected chi connectivity index (χ1v) is 9.20. The van der Waals surface area contributed by atoms with E-state index in [-0.39, 0.29) is 11.8 Å². The number of fused-ring (bicyclic) bond motifs is 1. The minimum absolute atomic E-state index is 0.0418. The topological polar surface area (TPSA) is 20.3 Å². The molecule has 0 aliphatic carbocycles. The Hall–Kier alpha value is -2.39. The minimum Gasteiger partial charge on any atom is -0.359 e. The van der Waals surface area contributed by atoms with E-state index in [0.717, 1.165) is 27.8 Å². The summed E-state index contributed by atoms with van der Waals surface area (Å²) in [5.74, 6) is 0.213. The van der Waals surface area contributed by atoms with Gasteiger partial charge in [-0.2, -0.15) is 0 Å². The normalized spacial score (nSPS) is 16.6. The van der Waals surface area contributed by atoms with E-state index >= 15 is 0 Å². The second-order valence-corrected chi connectivity index (χ2v) is 7.24. The lowest BCUT2D eigenvalue weighted by Gasteiger charge is -2.38. The molecule has 0 N–H and O–H groups in total. The van der Waals surface area contributed by atoms with Gasteiger partial charge in [0.2, 0.25) is 0 Å². The van der Waals surface area contributed by atoms with E-state index in [2.05, 4.69) is 63.3 Å². The zero-order valence-electron chi connectivity index (χ0n) is 13.7. The first kappa shape index (κ1) is 16.1. The number of Topliss-reactive ketones (excluding diaryl/α,β-unsaturated/α-hetero) is 1. The average molecular weight is 392 g/mol. The van der Waals surface area contributed by atoms with Crippen molar-refractivity contribution in [1.82, 2.24) is 0 Å². The lowest BCUT2D eigenvalue weighted by Crippen LogP contribution is -2.35. The Kier molecular flexibility index (Phi) is 4.41. The number of anilines is 1. The van der Waals surface area contributed by atoms with Crippen molar-refractivity contribution in [1.29, 1.82) is 0 Å². The molecule has 0 amide bonds. The van der Waals surface area contributed by atoms with Crippen LogP contribution in [0.15, 0.2) is 83.3 Å². The second-order valence-electron chi connectivity index (χ2n) is 6.33. The van der Waals surface area contributed by atoms with E-state index in [1.165, 1.54) is 5.56 Å². The van der Waals surface area contributed by atoms with E-state index in [0.29, 0.717) is 6.42 Å². The molecule has 25 heavy (non-hydrogen) atoms. The van der Waals surface area contributed by atoms with Gasteiger partial charge in [0.25, 0.3) is 0 Å². The number of ketones is 1. The summed E-state index contributed by atoms with van der Waals surface area (Å²) in [7, 11) is 0. The Bertz CT molecular complexity index is 907. The van der Waals surface area contributed by atoms with Gasteiger partial charge in [0.05, 0.1) is 6.04 Å². The highest BCUT2D eigenvalue weighted by Gasteiger charge is 2.32. The molecular weight excluding hydrogens is 374 g/mol. The molecule has 4 rings (SSSR count). The van der Waals surface area contributed by atoms with Crippen LogP contribution in [0.2, 0.25) is 0 Å². The predicted molar refractivity (Wildman–Crippen MR) is 105 cm³/mol. The molecule has 0 aromatic heterocycles. The highest BCUT2D eigenvalue weighted by atomic mass is 79.9. The molecule has 0 radical (unpaired) electrons. The largest absolute Gasteiger partial charge is 0.359 e. The molecule has 2 nitrogen and oxygen atoms in total. The van der Waals surface area contributed by atoms with Crippen LogP contribution in [0.3, 0.4) is 0 Å². The molecule has 1 aliphatic heterocycles. The maximum atomic E-state index is 12.7. The monoisotopic (exact) mass is 391 g/mol. The standard InChI is InChI=1S/C22H18BrNO/c23-18-10-6-9-17(13-18)21-14-22(25)19-11-4-5-12-20(19)24(21)15-16-7-2-1-3-8-16/h1-13,21H,14-15H2/t21-/m0/s1. The van der Waals surface area contributed by atoms with Gasteiger partial charge < -0.3 is 4.90 Å². The fourth-order valence-electron chi connectivity index (χ4n) is 3.51. The van der Waals surface area contributed by atoms with E-state index in [9.17, 15) is 4.79 Å². The highest BCUT2D eigenvalue weighted by Crippen LogP contribution is 2.39. The van der Waals surface area contributed by atoms with Crippen LogP contribution in [0.25, 0.3) is 0 Å². The van der Waals surface area contributed by atoms with Gasteiger partial charge in [0.1, 0.15) is 0 Å². The quantitative estimate of drug-likeness (QED) is 0.563. The van der Waals surface area contributed by atoms with Gasteiger partial charge in [-0.15, -0.1) is 0 Å². The lowest BCUT2D eigenvalue weighted by atomic mass is 9.90. The van der Waals surface area contributed by atoms with Crippen molar-refractivity contribution < 1.29 is 4.79 Å². The van der Waals surface area contributed by atoms with Crippen LogP contribution in [-0.2, 0) is 6.54 Å². The van der Waals surface area contributed by atoms with Gasteiger partial charge in [-0.3, -0.25) is 4.79 Å². The van der Waals surface area contributed by atoms with Gasteiger partial charge in [0.15, 0.2) is 5.78 Å². The molecule has 1 atom stereocenters. The number of halogens is 1. The third-order valence-electron chi connectivity index (χ3n) is 4.70. The summed E-state index contributed by atoms with van der Waals surface area (Å²) in [5, 5.41) is 0. The molecule has 0 fully saturated rings. The number of carbonyl (C=O) groups excluding carboxylic acids is 1. The minimum atomic E-state index is 0.0418. The third-order valence-corrected chi connectivity index (χ3v) is 5.19. The number of benzene rings is 3. The molecule has 0 spiro atoms.